The van der Waals surface area contributed by atoms with Crippen LogP contribution in [0.5, 0.6) is 5.75 Å². The molecule has 3 nitrogen and oxygen atoms in total. The van der Waals surface area contributed by atoms with Gasteiger partial charge in [-0.15, -0.1) is 11.8 Å². The summed E-state index contributed by atoms with van der Waals surface area (Å²) in [5.74, 6) is 0.924. The molecule has 0 spiro atoms. The molecule has 102 valence electrons. The summed E-state index contributed by atoms with van der Waals surface area (Å²) in [7, 11) is 1.58. The van der Waals surface area contributed by atoms with Crippen molar-refractivity contribution in [1.82, 2.24) is 0 Å². The molecule has 0 aliphatic heterocycles. The van der Waals surface area contributed by atoms with Gasteiger partial charge < -0.3 is 10.5 Å². The minimum Gasteiger partial charge on any atom is -0.496 e. The minimum absolute atomic E-state index is 0.356. The van der Waals surface area contributed by atoms with Crippen molar-refractivity contribution >= 4 is 17.4 Å². The van der Waals surface area contributed by atoms with Gasteiger partial charge in [0.05, 0.1) is 18.7 Å². The molecule has 0 heterocycles. The predicted octanol–water partition coefficient (Wildman–Crippen LogP) is 3.58. The third-order valence-corrected chi connectivity index (χ3v) is 3.72. The number of nitrogens with zero attached hydrogens (tertiary/aromatic N) is 1. The van der Waals surface area contributed by atoms with Gasteiger partial charge in [0.1, 0.15) is 11.6 Å². The number of benzene rings is 2. The summed E-state index contributed by atoms with van der Waals surface area (Å²) in [6, 6.07) is 11.7. The van der Waals surface area contributed by atoms with Gasteiger partial charge >= 0.3 is 0 Å². The molecule has 5 heteroatoms. The number of rotatable bonds is 4. The standard InChI is InChI=1S/C15H13FN2OS/c1-19-15-3-2-10(8-17)4-11(15)9-20-14-6-12(16)5-13(18)7-14/h2-7H,9,18H2,1H3. The zero-order chi connectivity index (χ0) is 14.5. The van der Waals surface area contributed by atoms with Crippen molar-refractivity contribution in [3.63, 3.8) is 0 Å². The number of anilines is 1. The molecule has 0 amide bonds. The fourth-order valence-electron chi connectivity index (χ4n) is 1.79. The molecule has 0 aliphatic rings. The monoisotopic (exact) mass is 288 g/mol. The van der Waals surface area contributed by atoms with E-state index in [9.17, 15) is 4.39 Å². The van der Waals surface area contributed by atoms with Crippen LogP contribution >= 0.6 is 11.8 Å². The van der Waals surface area contributed by atoms with Crippen molar-refractivity contribution in [2.75, 3.05) is 12.8 Å². The number of thioether (sulfide) groups is 1. The first-order valence-corrected chi connectivity index (χ1v) is 6.87. The van der Waals surface area contributed by atoms with Gasteiger partial charge in [0, 0.05) is 21.9 Å². The summed E-state index contributed by atoms with van der Waals surface area (Å²) in [5, 5.41) is 8.92. The van der Waals surface area contributed by atoms with Crippen LogP contribution in [0.3, 0.4) is 0 Å². The van der Waals surface area contributed by atoms with E-state index in [1.54, 1.807) is 31.4 Å². The maximum Gasteiger partial charge on any atom is 0.126 e. The molecule has 0 aromatic heterocycles. The zero-order valence-electron chi connectivity index (χ0n) is 10.9. The van der Waals surface area contributed by atoms with Gasteiger partial charge in [-0.25, -0.2) is 4.39 Å². The Balaban J connectivity index is 2.19. The number of methoxy groups -OCH3 is 1. The molecule has 0 atom stereocenters. The average molecular weight is 288 g/mol. The highest BCUT2D eigenvalue weighted by Gasteiger charge is 2.06. The van der Waals surface area contributed by atoms with E-state index in [1.807, 2.05) is 0 Å². The smallest absolute Gasteiger partial charge is 0.126 e. The van der Waals surface area contributed by atoms with E-state index in [1.165, 1.54) is 23.9 Å². The lowest BCUT2D eigenvalue weighted by Gasteiger charge is -2.09. The summed E-state index contributed by atoms with van der Waals surface area (Å²) in [5.41, 5.74) is 7.46. The van der Waals surface area contributed by atoms with E-state index in [4.69, 9.17) is 15.7 Å². The Hall–Kier alpha value is -2.19. The largest absolute Gasteiger partial charge is 0.496 e. The summed E-state index contributed by atoms with van der Waals surface area (Å²) < 4.78 is 18.5. The van der Waals surface area contributed by atoms with Gasteiger partial charge in [-0.3, -0.25) is 0 Å². The van der Waals surface area contributed by atoms with Gasteiger partial charge in [-0.05, 0) is 36.4 Å². The van der Waals surface area contributed by atoms with Crippen molar-refractivity contribution < 1.29 is 9.13 Å². The Morgan fingerprint density at radius 1 is 1.30 bits per heavy atom. The van der Waals surface area contributed by atoms with E-state index >= 15 is 0 Å². The second kappa shape index (κ2) is 6.31. The van der Waals surface area contributed by atoms with Crippen LogP contribution in [0, 0.1) is 17.1 Å². The van der Waals surface area contributed by atoms with Gasteiger partial charge in [0.15, 0.2) is 0 Å². The van der Waals surface area contributed by atoms with E-state index in [0.717, 1.165) is 10.5 Å². The Bertz CT molecular complexity index is 647. The highest BCUT2D eigenvalue weighted by Crippen LogP contribution is 2.30. The fraction of sp³-hybridized carbons (Fsp3) is 0.133. The molecule has 0 aliphatic carbocycles. The number of nitrogen functional groups attached to an aromatic ring is 1. The molecule has 0 bridgehead atoms. The van der Waals surface area contributed by atoms with Crippen LogP contribution in [0.15, 0.2) is 41.3 Å². The minimum atomic E-state index is -0.356. The molecule has 0 saturated heterocycles. The van der Waals surface area contributed by atoms with Gasteiger partial charge in [0.2, 0.25) is 0 Å². The lowest BCUT2D eigenvalue weighted by molar-refractivity contribution is 0.411. The molecule has 2 aromatic rings. The molecule has 2 rings (SSSR count). The molecule has 0 fully saturated rings. The first-order valence-electron chi connectivity index (χ1n) is 5.88. The van der Waals surface area contributed by atoms with Crippen LogP contribution in [-0.2, 0) is 5.75 Å². The Kier molecular flexibility index (Phi) is 4.49. The quantitative estimate of drug-likeness (QED) is 0.690. The molecular formula is C15H13FN2OS. The van der Waals surface area contributed by atoms with Crippen LogP contribution in [0.2, 0.25) is 0 Å². The molecule has 0 unspecified atom stereocenters. The van der Waals surface area contributed by atoms with E-state index < -0.39 is 0 Å². The number of nitrogens with two attached hydrogens (primary N) is 1. The second-order valence-electron chi connectivity index (χ2n) is 4.15. The van der Waals surface area contributed by atoms with Crippen molar-refractivity contribution in [3.8, 4) is 11.8 Å². The normalized spacial score (nSPS) is 10.1. The Morgan fingerprint density at radius 3 is 2.75 bits per heavy atom. The van der Waals surface area contributed by atoms with Gasteiger partial charge in [0.25, 0.3) is 0 Å². The van der Waals surface area contributed by atoms with Gasteiger partial charge in [-0.1, -0.05) is 0 Å². The molecule has 0 radical (unpaired) electrons. The second-order valence-corrected chi connectivity index (χ2v) is 5.20. The number of hydrogen-bond donors (Lipinski definition) is 1. The lowest BCUT2D eigenvalue weighted by atomic mass is 10.1. The third kappa shape index (κ3) is 3.43. The third-order valence-electron chi connectivity index (χ3n) is 2.70. The number of hydrogen-bond acceptors (Lipinski definition) is 4. The van der Waals surface area contributed by atoms with Crippen LogP contribution in [0.4, 0.5) is 10.1 Å². The lowest BCUT2D eigenvalue weighted by Crippen LogP contribution is -1.92. The van der Waals surface area contributed by atoms with Gasteiger partial charge in [-0.2, -0.15) is 5.26 Å². The van der Waals surface area contributed by atoms with E-state index in [-0.39, 0.29) is 5.82 Å². The van der Waals surface area contributed by atoms with Crippen LogP contribution in [-0.4, -0.2) is 7.11 Å². The molecule has 2 aromatic carbocycles. The van der Waals surface area contributed by atoms with Crippen molar-refractivity contribution in [2.45, 2.75) is 10.6 Å². The molecule has 2 N–H and O–H groups in total. The topological polar surface area (TPSA) is 59.0 Å². The fourth-order valence-corrected chi connectivity index (χ4v) is 2.75. The number of halogens is 1. The molecular weight excluding hydrogens is 275 g/mol. The predicted molar refractivity (Wildman–Crippen MR) is 78.1 cm³/mol. The van der Waals surface area contributed by atoms with Crippen molar-refractivity contribution in [2.24, 2.45) is 0 Å². The number of nitriles is 1. The summed E-state index contributed by atoms with van der Waals surface area (Å²) in [4.78, 5) is 0.743. The van der Waals surface area contributed by atoms with Crippen LogP contribution in [0.25, 0.3) is 0 Å². The summed E-state index contributed by atoms with van der Waals surface area (Å²) in [6.07, 6.45) is 0. The highest BCUT2D eigenvalue weighted by atomic mass is 32.2. The van der Waals surface area contributed by atoms with Crippen LogP contribution in [0.1, 0.15) is 11.1 Å². The van der Waals surface area contributed by atoms with Crippen LogP contribution < -0.4 is 10.5 Å². The van der Waals surface area contributed by atoms with Crippen molar-refractivity contribution in [3.05, 3.63) is 53.3 Å². The Labute approximate surface area is 121 Å². The highest BCUT2D eigenvalue weighted by molar-refractivity contribution is 7.98. The first kappa shape index (κ1) is 14.2. The SMILES string of the molecule is COc1ccc(C#N)cc1CSc1cc(N)cc(F)c1. The molecule has 0 saturated carbocycles. The average Bonchev–Trinajstić information content (AvgIpc) is 2.43. The first-order chi connectivity index (χ1) is 9.62. The maximum absolute atomic E-state index is 13.3. The Morgan fingerprint density at radius 2 is 2.10 bits per heavy atom. The molecule has 20 heavy (non-hydrogen) atoms. The van der Waals surface area contributed by atoms with E-state index in [2.05, 4.69) is 6.07 Å². The van der Waals surface area contributed by atoms with E-state index in [0.29, 0.717) is 22.8 Å². The summed E-state index contributed by atoms with van der Waals surface area (Å²) >= 11 is 1.44. The maximum atomic E-state index is 13.3. The summed E-state index contributed by atoms with van der Waals surface area (Å²) in [6.45, 7) is 0. The zero-order valence-corrected chi connectivity index (χ0v) is 11.7. The van der Waals surface area contributed by atoms with Crippen molar-refractivity contribution in [1.29, 1.82) is 5.26 Å². The number of ether oxygens (including phenoxy) is 1.